The summed E-state index contributed by atoms with van der Waals surface area (Å²) in [5.41, 5.74) is 4.37. The highest BCUT2D eigenvalue weighted by atomic mass is 32.2. The second-order valence-electron chi connectivity index (χ2n) is 4.59. The monoisotopic (exact) mass is 300 g/mol. The second-order valence-corrected chi connectivity index (χ2v) is 7.20. The quantitative estimate of drug-likeness (QED) is 0.797. The van der Waals surface area contributed by atoms with Gasteiger partial charge in [0.2, 0.25) is 0 Å². The van der Waals surface area contributed by atoms with Crippen molar-refractivity contribution in [2.75, 3.05) is 11.5 Å². The number of benzene rings is 1. The Balaban J connectivity index is 2.17. The highest BCUT2D eigenvalue weighted by Gasteiger charge is 2.31. The van der Waals surface area contributed by atoms with E-state index >= 15 is 0 Å². The summed E-state index contributed by atoms with van der Waals surface area (Å²) < 4.78 is 0. The van der Waals surface area contributed by atoms with E-state index in [1.165, 1.54) is 10.5 Å². The number of thioether (sulfide) groups is 2. The fourth-order valence-corrected chi connectivity index (χ4v) is 4.29. The molecule has 0 fully saturated rings. The SMILES string of the molecule is CCSC1=CC(SCC)=C2C(=Cc3ccccc32)C1=O. The summed E-state index contributed by atoms with van der Waals surface area (Å²) in [6.07, 6.45) is 4.13. The van der Waals surface area contributed by atoms with Crippen molar-refractivity contribution in [2.24, 2.45) is 0 Å². The molecule has 0 aliphatic heterocycles. The Morgan fingerprint density at radius 2 is 1.75 bits per heavy atom. The van der Waals surface area contributed by atoms with Gasteiger partial charge >= 0.3 is 0 Å². The molecule has 102 valence electrons. The molecule has 0 atom stereocenters. The average molecular weight is 300 g/mol. The minimum Gasteiger partial charge on any atom is -0.288 e. The Morgan fingerprint density at radius 1 is 1.00 bits per heavy atom. The largest absolute Gasteiger partial charge is 0.288 e. The molecule has 3 rings (SSSR count). The van der Waals surface area contributed by atoms with E-state index in [0.29, 0.717) is 0 Å². The lowest BCUT2D eigenvalue weighted by Gasteiger charge is -2.18. The van der Waals surface area contributed by atoms with E-state index in [-0.39, 0.29) is 5.78 Å². The van der Waals surface area contributed by atoms with Crippen LogP contribution in [-0.4, -0.2) is 17.3 Å². The normalized spacial score (nSPS) is 16.8. The third-order valence-electron chi connectivity index (χ3n) is 3.38. The molecule has 0 bridgehead atoms. The summed E-state index contributed by atoms with van der Waals surface area (Å²) >= 11 is 3.46. The first-order valence-electron chi connectivity index (χ1n) is 6.84. The molecular formula is C17H16OS2. The number of carbonyl (C=O) groups is 1. The van der Waals surface area contributed by atoms with E-state index in [4.69, 9.17) is 0 Å². The minimum atomic E-state index is 0.184. The van der Waals surface area contributed by atoms with Crippen molar-refractivity contribution in [2.45, 2.75) is 13.8 Å². The lowest BCUT2D eigenvalue weighted by Crippen LogP contribution is -2.10. The Labute approximate surface area is 128 Å². The predicted octanol–water partition coefficient (Wildman–Crippen LogP) is 4.77. The van der Waals surface area contributed by atoms with Crippen LogP contribution >= 0.6 is 23.5 Å². The van der Waals surface area contributed by atoms with Crippen LogP contribution in [0.5, 0.6) is 0 Å². The van der Waals surface area contributed by atoms with Gasteiger partial charge in [0.1, 0.15) is 0 Å². The molecule has 2 aliphatic rings. The Bertz CT molecular complexity index is 665. The van der Waals surface area contributed by atoms with Gasteiger partial charge in [-0.15, -0.1) is 23.5 Å². The van der Waals surface area contributed by atoms with E-state index in [2.05, 4.69) is 32.1 Å². The lowest BCUT2D eigenvalue weighted by atomic mass is 9.96. The van der Waals surface area contributed by atoms with Crippen LogP contribution in [0.2, 0.25) is 0 Å². The molecule has 1 aromatic carbocycles. The first-order valence-corrected chi connectivity index (χ1v) is 8.81. The van der Waals surface area contributed by atoms with Crippen LogP contribution in [0.1, 0.15) is 25.0 Å². The third-order valence-corrected chi connectivity index (χ3v) is 5.20. The first kappa shape index (κ1) is 13.8. The smallest absolute Gasteiger partial charge is 0.200 e. The molecule has 0 saturated heterocycles. The molecule has 0 spiro atoms. The maximum atomic E-state index is 12.6. The summed E-state index contributed by atoms with van der Waals surface area (Å²) in [7, 11) is 0. The van der Waals surface area contributed by atoms with Crippen molar-refractivity contribution in [1.82, 2.24) is 0 Å². The number of fused-ring (bicyclic) bond motifs is 3. The van der Waals surface area contributed by atoms with Gasteiger partial charge in [0.15, 0.2) is 5.78 Å². The van der Waals surface area contributed by atoms with Gasteiger partial charge in [-0.1, -0.05) is 38.1 Å². The zero-order valence-corrected chi connectivity index (χ0v) is 13.2. The van der Waals surface area contributed by atoms with E-state index in [1.54, 1.807) is 11.8 Å². The Kier molecular flexibility index (Phi) is 3.90. The molecule has 0 heterocycles. The van der Waals surface area contributed by atoms with Crippen LogP contribution in [-0.2, 0) is 4.79 Å². The first-order chi connectivity index (χ1) is 9.76. The standard InChI is InChI=1S/C17H16OS2/c1-3-19-14-10-15(20-4-2)17(18)13-9-11-7-5-6-8-12(11)16(13)14/h5-10H,3-4H2,1-2H3. The maximum Gasteiger partial charge on any atom is 0.200 e. The second kappa shape index (κ2) is 5.66. The van der Waals surface area contributed by atoms with E-state index < -0.39 is 0 Å². The Morgan fingerprint density at radius 3 is 2.50 bits per heavy atom. The lowest BCUT2D eigenvalue weighted by molar-refractivity contribution is -0.111. The molecule has 0 unspecified atom stereocenters. The van der Waals surface area contributed by atoms with Crippen LogP contribution in [0, 0.1) is 0 Å². The summed E-state index contributed by atoms with van der Waals surface area (Å²) in [6, 6.07) is 8.27. The fraction of sp³-hybridized carbons (Fsp3) is 0.235. The number of Topliss-reactive ketones (excluding diaryl/α,β-unsaturated/α-hetero) is 1. The molecule has 1 nitrogen and oxygen atoms in total. The number of carbonyl (C=O) groups excluding carboxylic acids is 1. The van der Waals surface area contributed by atoms with Crippen LogP contribution in [0.25, 0.3) is 11.6 Å². The van der Waals surface area contributed by atoms with Gasteiger partial charge < -0.3 is 0 Å². The third kappa shape index (κ3) is 2.19. The summed E-state index contributed by atoms with van der Waals surface area (Å²) in [5, 5.41) is 0. The van der Waals surface area contributed by atoms with Crippen molar-refractivity contribution < 1.29 is 4.79 Å². The van der Waals surface area contributed by atoms with Crippen molar-refractivity contribution in [3.8, 4) is 0 Å². The van der Waals surface area contributed by atoms with Crippen LogP contribution in [0.3, 0.4) is 0 Å². The van der Waals surface area contributed by atoms with Crippen molar-refractivity contribution in [1.29, 1.82) is 0 Å². The van der Waals surface area contributed by atoms with Crippen LogP contribution in [0.4, 0.5) is 0 Å². The zero-order chi connectivity index (χ0) is 14.1. The van der Waals surface area contributed by atoms with E-state index in [9.17, 15) is 4.79 Å². The fourth-order valence-electron chi connectivity index (χ4n) is 2.59. The number of hydrogen-bond acceptors (Lipinski definition) is 3. The van der Waals surface area contributed by atoms with Crippen molar-refractivity contribution in [3.05, 3.63) is 56.9 Å². The summed E-state index contributed by atoms with van der Waals surface area (Å²) in [6.45, 7) is 4.24. The summed E-state index contributed by atoms with van der Waals surface area (Å²) in [5.74, 6) is 2.13. The topological polar surface area (TPSA) is 17.1 Å². The van der Waals surface area contributed by atoms with Crippen molar-refractivity contribution >= 4 is 41.0 Å². The number of ketones is 1. The average Bonchev–Trinajstić information content (AvgIpc) is 2.84. The van der Waals surface area contributed by atoms with Gasteiger partial charge in [-0.05, 0) is 34.8 Å². The molecule has 0 N–H and O–H groups in total. The van der Waals surface area contributed by atoms with E-state index in [0.717, 1.165) is 33.1 Å². The van der Waals surface area contributed by atoms with Gasteiger partial charge in [-0.2, -0.15) is 0 Å². The van der Waals surface area contributed by atoms with Crippen LogP contribution < -0.4 is 0 Å². The molecule has 2 aliphatic carbocycles. The molecule has 0 aromatic heterocycles. The maximum absolute atomic E-state index is 12.6. The zero-order valence-electron chi connectivity index (χ0n) is 11.6. The van der Waals surface area contributed by atoms with Gasteiger partial charge in [-0.3, -0.25) is 4.79 Å². The van der Waals surface area contributed by atoms with Gasteiger partial charge in [0, 0.05) is 16.1 Å². The minimum absolute atomic E-state index is 0.184. The number of hydrogen-bond donors (Lipinski definition) is 0. The molecule has 0 saturated carbocycles. The highest BCUT2D eigenvalue weighted by molar-refractivity contribution is 8.04. The molecule has 3 heteroatoms. The number of allylic oxidation sites excluding steroid dienone is 4. The molecule has 0 amide bonds. The highest BCUT2D eigenvalue weighted by Crippen LogP contribution is 2.46. The van der Waals surface area contributed by atoms with Crippen molar-refractivity contribution in [3.63, 3.8) is 0 Å². The molecule has 0 radical (unpaired) electrons. The van der Waals surface area contributed by atoms with E-state index in [1.807, 2.05) is 30.0 Å². The summed E-state index contributed by atoms with van der Waals surface area (Å²) in [4.78, 5) is 14.7. The molecule has 1 aromatic rings. The predicted molar refractivity (Wildman–Crippen MR) is 90.7 cm³/mol. The van der Waals surface area contributed by atoms with Gasteiger partial charge in [0.05, 0.1) is 4.91 Å². The molecule has 20 heavy (non-hydrogen) atoms. The Hall–Kier alpha value is -1.19. The van der Waals surface area contributed by atoms with Crippen LogP contribution in [0.15, 0.2) is 45.7 Å². The van der Waals surface area contributed by atoms with Gasteiger partial charge in [0.25, 0.3) is 0 Å². The molecular weight excluding hydrogens is 284 g/mol. The van der Waals surface area contributed by atoms with Gasteiger partial charge in [-0.25, -0.2) is 0 Å². The number of rotatable bonds is 4.